The van der Waals surface area contributed by atoms with Gasteiger partial charge in [-0.05, 0) is 25.7 Å². The van der Waals surface area contributed by atoms with Crippen LogP contribution in [0.5, 0.6) is 0 Å². The zero-order valence-corrected chi connectivity index (χ0v) is 10.5. The van der Waals surface area contributed by atoms with Gasteiger partial charge in [-0.25, -0.2) is 4.79 Å². The molecular weight excluding hydrogens is 222 g/mol. The summed E-state index contributed by atoms with van der Waals surface area (Å²) in [4.78, 5) is 13.1. The predicted octanol–water partition coefficient (Wildman–Crippen LogP) is 2.18. The molecule has 0 aliphatic heterocycles. The number of benzene rings is 1. The molecule has 1 aromatic carbocycles. The molecule has 0 saturated carbocycles. The Balaban J connectivity index is 2.50. The summed E-state index contributed by atoms with van der Waals surface area (Å²) in [5, 5.41) is 8.99. The summed E-state index contributed by atoms with van der Waals surface area (Å²) in [6.45, 7) is 1.01. The van der Waals surface area contributed by atoms with E-state index in [2.05, 4.69) is 4.90 Å². The second-order valence-corrected chi connectivity index (χ2v) is 4.92. The van der Waals surface area contributed by atoms with Gasteiger partial charge in [0.15, 0.2) is 0 Å². The first kappa shape index (κ1) is 13.1. The van der Waals surface area contributed by atoms with Crippen molar-refractivity contribution in [2.45, 2.75) is 5.75 Å². The molecule has 0 aliphatic rings. The van der Waals surface area contributed by atoms with Crippen LogP contribution >= 0.6 is 11.8 Å². The third-order valence-electron chi connectivity index (χ3n) is 2.19. The van der Waals surface area contributed by atoms with Gasteiger partial charge in [-0.1, -0.05) is 18.2 Å². The molecule has 0 unspecified atom stereocenters. The van der Waals surface area contributed by atoms with Crippen molar-refractivity contribution in [1.82, 2.24) is 4.90 Å². The first-order valence-electron chi connectivity index (χ1n) is 5.15. The number of carbonyl (C=O) groups is 1. The lowest BCUT2D eigenvalue weighted by Gasteiger charge is -2.09. The molecule has 0 fully saturated rings. The van der Waals surface area contributed by atoms with Crippen LogP contribution in [-0.2, 0) is 5.75 Å². The summed E-state index contributed by atoms with van der Waals surface area (Å²) in [6.07, 6.45) is 0. The highest BCUT2D eigenvalue weighted by Crippen LogP contribution is 2.16. The Kier molecular flexibility index (Phi) is 5.35. The fourth-order valence-electron chi connectivity index (χ4n) is 1.28. The van der Waals surface area contributed by atoms with E-state index in [1.807, 2.05) is 26.2 Å². The Morgan fingerprint density at radius 2 is 2.06 bits per heavy atom. The Bertz CT molecular complexity index is 353. The third-order valence-corrected chi connectivity index (χ3v) is 3.17. The number of aromatic carboxylic acids is 1. The summed E-state index contributed by atoms with van der Waals surface area (Å²) in [5.41, 5.74) is 1.32. The standard InChI is InChI=1S/C12H17NO2S/c1-13(2)7-8-16-9-10-5-3-4-6-11(10)12(14)15/h3-6H,7-9H2,1-2H3,(H,14,15). The Labute approximate surface area is 100 Å². The minimum Gasteiger partial charge on any atom is -0.478 e. The van der Waals surface area contributed by atoms with Gasteiger partial charge in [0.1, 0.15) is 0 Å². The van der Waals surface area contributed by atoms with Gasteiger partial charge in [-0.15, -0.1) is 0 Å². The number of carboxylic acids is 1. The minimum atomic E-state index is -0.844. The first-order valence-corrected chi connectivity index (χ1v) is 6.30. The molecule has 0 spiro atoms. The zero-order valence-electron chi connectivity index (χ0n) is 9.64. The molecule has 0 bridgehead atoms. The molecule has 0 saturated heterocycles. The fourth-order valence-corrected chi connectivity index (χ4v) is 2.39. The molecule has 4 heteroatoms. The van der Waals surface area contributed by atoms with Gasteiger partial charge in [-0.2, -0.15) is 11.8 Å². The maximum Gasteiger partial charge on any atom is 0.335 e. The third kappa shape index (κ3) is 4.24. The second kappa shape index (κ2) is 6.55. The van der Waals surface area contributed by atoms with Crippen molar-refractivity contribution < 1.29 is 9.90 Å². The van der Waals surface area contributed by atoms with E-state index in [-0.39, 0.29) is 0 Å². The highest BCUT2D eigenvalue weighted by Gasteiger charge is 2.08. The predicted molar refractivity (Wildman–Crippen MR) is 68.1 cm³/mol. The zero-order chi connectivity index (χ0) is 12.0. The summed E-state index contributed by atoms with van der Waals surface area (Å²) in [6, 6.07) is 7.18. The van der Waals surface area contributed by atoms with E-state index >= 15 is 0 Å². The lowest BCUT2D eigenvalue weighted by molar-refractivity contribution is 0.0696. The SMILES string of the molecule is CN(C)CCSCc1ccccc1C(=O)O. The van der Waals surface area contributed by atoms with Gasteiger partial charge in [0.05, 0.1) is 5.56 Å². The number of thioether (sulfide) groups is 1. The van der Waals surface area contributed by atoms with E-state index in [0.717, 1.165) is 23.6 Å². The minimum absolute atomic E-state index is 0.417. The van der Waals surface area contributed by atoms with Crippen LogP contribution in [0.2, 0.25) is 0 Å². The molecule has 0 amide bonds. The number of carboxylic acid groups (broad SMARTS) is 1. The molecule has 1 aromatic rings. The number of rotatable bonds is 6. The lowest BCUT2D eigenvalue weighted by Crippen LogP contribution is -2.15. The quantitative estimate of drug-likeness (QED) is 0.772. The number of hydrogen-bond acceptors (Lipinski definition) is 3. The van der Waals surface area contributed by atoms with Crippen molar-refractivity contribution in [3.05, 3.63) is 35.4 Å². The summed E-state index contributed by atoms with van der Waals surface area (Å²) < 4.78 is 0. The van der Waals surface area contributed by atoms with Crippen LogP contribution in [-0.4, -0.2) is 42.4 Å². The van der Waals surface area contributed by atoms with E-state index < -0.39 is 5.97 Å². The number of hydrogen-bond donors (Lipinski definition) is 1. The van der Waals surface area contributed by atoms with Gasteiger partial charge >= 0.3 is 5.97 Å². The van der Waals surface area contributed by atoms with Crippen LogP contribution in [0.4, 0.5) is 0 Å². The largest absolute Gasteiger partial charge is 0.478 e. The van der Waals surface area contributed by atoms with Crippen molar-refractivity contribution >= 4 is 17.7 Å². The van der Waals surface area contributed by atoms with Crippen molar-refractivity contribution in [3.63, 3.8) is 0 Å². The smallest absolute Gasteiger partial charge is 0.335 e. The van der Waals surface area contributed by atoms with Crippen LogP contribution in [0.15, 0.2) is 24.3 Å². The van der Waals surface area contributed by atoms with E-state index in [1.165, 1.54) is 0 Å². The van der Waals surface area contributed by atoms with E-state index in [0.29, 0.717) is 5.56 Å². The molecule has 1 N–H and O–H groups in total. The van der Waals surface area contributed by atoms with Crippen molar-refractivity contribution in [2.75, 3.05) is 26.4 Å². The highest BCUT2D eigenvalue weighted by atomic mass is 32.2. The molecule has 0 heterocycles. The molecule has 16 heavy (non-hydrogen) atoms. The maximum atomic E-state index is 10.9. The molecule has 3 nitrogen and oxygen atoms in total. The van der Waals surface area contributed by atoms with Gasteiger partial charge in [0.25, 0.3) is 0 Å². The van der Waals surface area contributed by atoms with E-state index in [9.17, 15) is 4.79 Å². The highest BCUT2D eigenvalue weighted by molar-refractivity contribution is 7.98. The first-order chi connectivity index (χ1) is 7.61. The summed E-state index contributed by atoms with van der Waals surface area (Å²) in [5.74, 6) is 0.931. The Morgan fingerprint density at radius 3 is 2.69 bits per heavy atom. The van der Waals surface area contributed by atoms with Crippen LogP contribution in [0, 0.1) is 0 Å². The Hall–Kier alpha value is -1.00. The fraction of sp³-hybridized carbons (Fsp3) is 0.417. The molecule has 0 aromatic heterocycles. The maximum absolute atomic E-state index is 10.9. The van der Waals surface area contributed by atoms with Crippen molar-refractivity contribution in [3.8, 4) is 0 Å². The Morgan fingerprint density at radius 1 is 1.38 bits per heavy atom. The van der Waals surface area contributed by atoms with Crippen molar-refractivity contribution in [1.29, 1.82) is 0 Å². The topological polar surface area (TPSA) is 40.5 Å². The molecule has 0 aliphatic carbocycles. The van der Waals surface area contributed by atoms with E-state index in [4.69, 9.17) is 5.11 Å². The molecular formula is C12H17NO2S. The average Bonchev–Trinajstić information content (AvgIpc) is 2.24. The monoisotopic (exact) mass is 239 g/mol. The van der Waals surface area contributed by atoms with Crippen LogP contribution in [0.3, 0.4) is 0 Å². The second-order valence-electron chi connectivity index (χ2n) is 3.82. The number of nitrogens with zero attached hydrogens (tertiary/aromatic N) is 1. The summed E-state index contributed by atoms with van der Waals surface area (Å²) in [7, 11) is 4.07. The van der Waals surface area contributed by atoms with Crippen molar-refractivity contribution in [2.24, 2.45) is 0 Å². The average molecular weight is 239 g/mol. The summed E-state index contributed by atoms with van der Waals surface area (Å²) >= 11 is 1.76. The van der Waals surface area contributed by atoms with E-state index in [1.54, 1.807) is 23.9 Å². The molecule has 0 radical (unpaired) electrons. The van der Waals surface area contributed by atoms with Gasteiger partial charge in [0, 0.05) is 18.1 Å². The van der Waals surface area contributed by atoms with Gasteiger partial charge in [0.2, 0.25) is 0 Å². The van der Waals surface area contributed by atoms with Gasteiger partial charge in [-0.3, -0.25) is 0 Å². The van der Waals surface area contributed by atoms with Crippen LogP contribution in [0.25, 0.3) is 0 Å². The molecule has 88 valence electrons. The lowest BCUT2D eigenvalue weighted by atomic mass is 10.1. The normalized spacial score (nSPS) is 10.7. The molecule has 1 rings (SSSR count). The van der Waals surface area contributed by atoms with Crippen LogP contribution < -0.4 is 0 Å². The molecule has 0 atom stereocenters. The van der Waals surface area contributed by atoms with Crippen LogP contribution in [0.1, 0.15) is 15.9 Å². The van der Waals surface area contributed by atoms with Gasteiger partial charge < -0.3 is 10.0 Å².